The molecule has 0 spiro atoms. The van der Waals surface area contributed by atoms with Crippen molar-refractivity contribution in [3.8, 4) is 0 Å². The van der Waals surface area contributed by atoms with Gasteiger partial charge in [-0.2, -0.15) is 0 Å². The molecule has 1 amide bonds. The summed E-state index contributed by atoms with van der Waals surface area (Å²) in [6.07, 6.45) is 70.6. The van der Waals surface area contributed by atoms with Gasteiger partial charge in [0.05, 0.1) is 25.4 Å². The van der Waals surface area contributed by atoms with Gasteiger partial charge in [-0.05, 0) is 57.8 Å². The molecule has 0 radical (unpaired) electrons. The third-order valence-corrected chi connectivity index (χ3v) is 14.3. The van der Waals surface area contributed by atoms with Crippen LogP contribution in [0.15, 0.2) is 24.3 Å². The zero-order chi connectivity index (χ0) is 49.3. The molecule has 0 rings (SSSR count). The molecule has 0 bridgehead atoms. The van der Waals surface area contributed by atoms with E-state index in [-0.39, 0.29) is 18.5 Å². The highest BCUT2D eigenvalue weighted by molar-refractivity contribution is 5.76. The van der Waals surface area contributed by atoms with E-state index in [4.69, 9.17) is 4.74 Å². The largest absolute Gasteiger partial charge is 0.466 e. The molecular weight excluding hydrogens is 839 g/mol. The normalized spacial score (nSPS) is 12.7. The number of amides is 1. The van der Waals surface area contributed by atoms with Gasteiger partial charge in [0.15, 0.2) is 0 Å². The molecule has 0 fully saturated rings. The Balaban J connectivity index is 3.38. The molecule has 0 saturated heterocycles. The maximum atomic E-state index is 12.4. The lowest BCUT2D eigenvalue weighted by Gasteiger charge is -2.22. The minimum Gasteiger partial charge on any atom is -0.466 e. The highest BCUT2D eigenvalue weighted by Crippen LogP contribution is 2.17. The maximum absolute atomic E-state index is 12.4. The third kappa shape index (κ3) is 53.7. The van der Waals surface area contributed by atoms with Crippen molar-refractivity contribution in [3.05, 3.63) is 24.3 Å². The summed E-state index contributed by atoms with van der Waals surface area (Å²) in [6.45, 7) is 4.94. The SMILES string of the molecule is CCCCCCCCCCCCCCCCCCCC(=O)OCCCCCCCCCCC/C=C\C/C=C\CCCCCCCCCCCC(=O)NC(CO)C(O)CCCCCCCCCCC. The second kappa shape index (κ2) is 57.9. The Morgan fingerprint density at radius 1 is 0.412 bits per heavy atom. The lowest BCUT2D eigenvalue weighted by molar-refractivity contribution is -0.143. The standard InChI is InChI=1S/C62H119NO5/c1-3-5-7-9-11-13-14-15-16-26-30-33-36-40-44-48-52-56-62(67)68-57-53-49-45-41-37-34-31-28-25-23-21-19-17-18-20-22-24-27-29-32-35-39-43-47-51-55-61(66)63-59(58-64)60(65)54-50-46-42-38-12-10-8-6-4-2/h18-21,59-60,64-65H,3-17,22-58H2,1-2H3,(H,63,66)/b20-18-,21-19-. The average molecular weight is 959 g/mol. The first-order valence-electron chi connectivity index (χ1n) is 30.6. The molecule has 0 aliphatic heterocycles. The van der Waals surface area contributed by atoms with Crippen LogP contribution in [-0.4, -0.2) is 47.4 Å². The Bertz CT molecular complexity index is 1060. The molecule has 402 valence electrons. The molecule has 0 aromatic rings. The number of allylic oxidation sites excluding steroid dienone is 4. The van der Waals surface area contributed by atoms with Crippen LogP contribution in [0, 0.1) is 0 Å². The van der Waals surface area contributed by atoms with E-state index in [0.29, 0.717) is 25.9 Å². The van der Waals surface area contributed by atoms with Crippen molar-refractivity contribution in [1.82, 2.24) is 5.32 Å². The molecule has 3 N–H and O–H groups in total. The van der Waals surface area contributed by atoms with E-state index in [2.05, 4.69) is 43.5 Å². The molecule has 68 heavy (non-hydrogen) atoms. The van der Waals surface area contributed by atoms with Gasteiger partial charge in [-0.15, -0.1) is 0 Å². The molecule has 0 heterocycles. The fraction of sp³-hybridized carbons (Fsp3) is 0.903. The van der Waals surface area contributed by atoms with Gasteiger partial charge in [0.2, 0.25) is 5.91 Å². The zero-order valence-electron chi connectivity index (χ0n) is 45.9. The van der Waals surface area contributed by atoms with Crippen molar-refractivity contribution >= 4 is 11.9 Å². The van der Waals surface area contributed by atoms with Gasteiger partial charge in [-0.3, -0.25) is 9.59 Å². The van der Waals surface area contributed by atoms with Crippen molar-refractivity contribution in [2.24, 2.45) is 0 Å². The van der Waals surface area contributed by atoms with E-state index < -0.39 is 12.1 Å². The number of unbranched alkanes of at least 4 members (excludes halogenated alkanes) is 42. The lowest BCUT2D eigenvalue weighted by Crippen LogP contribution is -2.45. The van der Waals surface area contributed by atoms with Crippen LogP contribution >= 0.6 is 0 Å². The number of esters is 1. The highest BCUT2D eigenvalue weighted by Gasteiger charge is 2.20. The van der Waals surface area contributed by atoms with E-state index >= 15 is 0 Å². The molecule has 2 unspecified atom stereocenters. The first kappa shape index (κ1) is 66.3. The summed E-state index contributed by atoms with van der Waals surface area (Å²) in [5, 5.41) is 23.1. The van der Waals surface area contributed by atoms with Crippen LogP contribution in [0.2, 0.25) is 0 Å². The van der Waals surface area contributed by atoms with Crippen LogP contribution in [0.4, 0.5) is 0 Å². The number of nitrogens with one attached hydrogen (secondary N) is 1. The Kier molecular flexibility index (Phi) is 56.5. The van der Waals surface area contributed by atoms with E-state index in [0.717, 1.165) is 44.9 Å². The third-order valence-electron chi connectivity index (χ3n) is 14.3. The quantitative estimate of drug-likeness (QED) is 0.0321. The van der Waals surface area contributed by atoms with Gasteiger partial charge < -0.3 is 20.3 Å². The van der Waals surface area contributed by atoms with E-state index in [1.54, 1.807) is 0 Å². The van der Waals surface area contributed by atoms with Crippen LogP contribution in [0.3, 0.4) is 0 Å². The number of ether oxygens (including phenoxy) is 1. The summed E-state index contributed by atoms with van der Waals surface area (Å²) in [5.41, 5.74) is 0. The number of aliphatic hydroxyl groups excluding tert-OH is 2. The van der Waals surface area contributed by atoms with Crippen LogP contribution in [0.5, 0.6) is 0 Å². The molecule has 6 heteroatoms. The van der Waals surface area contributed by atoms with Crippen LogP contribution in [-0.2, 0) is 14.3 Å². The molecule has 0 aromatic carbocycles. The topological polar surface area (TPSA) is 95.9 Å². The van der Waals surface area contributed by atoms with Gasteiger partial charge in [-0.25, -0.2) is 0 Å². The van der Waals surface area contributed by atoms with Crippen LogP contribution in [0.25, 0.3) is 0 Å². The predicted octanol–water partition coefficient (Wildman–Crippen LogP) is 19.0. The van der Waals surface area contributed by atoms with Gasteiger partial charge in [0.1, 0.15) is 0 Å². The summed E-state index contributed by atoms with van der Waals surface area (Å²) < 4.78 is 5.49. The first-order valence-corrected chi connectivity index (χ1v) is 30.6. The second-order valence-corrected chi connectivity index (χ2v) is 21.0. The number of aliphatic hydroxyl groups is 2. The molecular formula is C62H119NO5. The van der Waals surface area contributed by atoms with Gasteiger partial charge in [0, 0.05) is 12.8 Å². The molecule has 0 aromatic heterocycles. The minimum absolute atomic E-state index is 0.0131. The van der Waals surface area contributed by atoms with Crippen LogP contribution in [0.1, 0.15) is 335 Å². The lowest BCUT2D eigenvalue weighted by atomic mass is 10.0. The van der Waals surface area contributed by atoms with Crippen LogP contribution < -0.4 is 5.32 Å². The second-order valence-electron chi connectivity index (χ2n) is 21.0. The average Bonchev–Trinajstić information content (AvgIpc) is 3.34. The van der Waals surface area contributed by atoms with Crippen molar-refractivity contribution < 1.29 is 24.5 Å². The Labute approximate surface area is 424 Å². The molecule has 0 aliphatic carbocycles. The summed E-state index contributed by atoms with van der Waals surface area (Å²) in [6, 6.07) is -0.543. The highest BCUT2D eigenvalue weighted by atomic mass is 16.5. The molecule has 2 atom stereocenters. The van der Waals surface area contributed by atoms with Gasteiger partial charge >= 0.3 is 5.97 Å². The van der Waals surface area contributed by atoms with E-state index in [9.17, 15) is 19.8 Å². The zero-order valence-corrected chi connectivity index (χ0v) is 45.9. The van der Waals surface area contributed by atoms with E-state index in [1.807, 2.05) is 0 Å². The fourth-order valence-corrected chi connectivity index (χ4v) is 9.55. The number of hydrogen-bond acceptors (Lipinski definition) is 5. The fourth-order valence-electron chi connectivity index (χ4n) is 9.55. The maximum Gasteiger partial charge on any atom is 0.305 e. The number of rotatable bonds is 57. The summed E-state index contributed by atoms with van der Waals surface area (Å²) in [7, 11) is 0. The van der Waals surface area contributed by atoms with Gasteiger partial charge in [0.25, 0.3) is 0 Å². The minimum atomic E-state index is -0.666. The monoisotopic (exact) mass is 958 g/mol. The van der Waals surface area contributed by atoms with Crippen molar-refractivity contribution in [2.75, 3.05) is 13.2 Å². The number of carbonyl (C=O) groups excluding carboxylic acids is 2. The molecule has 0 aliphatic rings. The first-order chi connectivity index (χ1) is 33.5. The number of carbonyl (C=O) groups is 2. The molecule has 0 saturated carbocycles. The smallest absolute Gasteiger partial charge is 0.305 e. The summed E-state index contributed by atoms with van der Waals surface area (Å²) >= 11 is 0. The number of hydrogen-bond donors (Lipinski definition) is 3. The Morgan fingerprint density at radius 2 is 0.735 bits per heavy atom. The summed E-state index contributed by atoms with van der Waals surface area (Å²) in [5.74, 6) is -0.0298. The van der Waals surface area contributed by atoms with Gasteiger partial charge in [-0.1, -0.05) is 289 Å². The Hall–Kier alpha value is -1.66. The van der Waals surface area contributed by atoms with E-state index in [1.165, 1.54) is 257 Å². The van der Waals surface area contributed by atoms with Crippen molar-refractivity contribution in [1.29, 1.82) is 0 Å². The Morgan fingerprint density at radius 3 is 1.12 bits per heavy atom. The van der Waals surface area contributed by atoms with Crippen molar-refractivity contribution in [3.63, 3.8) is 0 Å². The van der Waals surface area contributed by atoms with Crippen molar-refractivity contribution in [2.45, 2.75) is 347 Å². The molecule has 6 nitrogen and oxygen atoms in total. The summed E-state index contributed by atoms with van der Waals surface area (Å²) in [4.78, 5) is 24.5. The predicted molar refractivity (Wildman–Crippen MR) is 296 cm³/mol.